The van der Waals surface area contributed by atoms with Gasteiger partial charge in [-0.25, -0.2) is 0 Å². The Hall–Kier alpha value is -2.62. The van der Waals surface area contributed by atoms with E-state index in [1.165, 1.54) is 48.2 Å². The molecule has 1 aliphatic heterocycles. The van der Waals surface area contributed by atoms with Crippen molar-refractivity contribution in [3.8, 4) is 5.75 Å². The number of rotatable bonds is 4. The van der Waals surface area contributed by atoms with Crippen LogP contribution in [0.5, 0.6) is 5.75 Å². The fourth-order valence-electron chi connectivity index (χ4n) is 5.09. The summed E-state index contributed by atoms with van der Waals surface area (Å²) in [6.45, 7) is 3.58. The van der Waals surface area contributed by atoms with Crippen LogP contribution in [0.1, 0.15) is 53.4 Å². The maximum Gasteiger partial charge on any atom is 0.115 e. The third kappa shape index (κ3) is 5.36. The van der Waals surface area contributed by atoms with E-state index in [9.17, 15) is 5.11 Å². The van der Waals surface area contributed by atoms with Gasteiger partial charge < -0.3 is 15.1 Å². The van der Waals surface area contributed by atoms with E-state index in [0.717, 1.165) is 19.4 Å². The van der Waals surface area contributed by atoms with E-state index < -0.39 is 0 Å². The van der Waals surface area contributed by atoms with Gasteiger partial charge in [0.1, 0.15) is 5.75 Å². The van der Waals surface area contributed by atoms with E-state index in [1.807, 2.05) is 12.1 Å². The molecule has 1 heterocycles. The molecule has 2 atom stereocenters. The molecule has 31 heavy (non-hydrogen) atoms. The van der Waals surface area contributed by atoms with Crippen LogP contribution in [-0.4, -0.2) is 41.4 Å². The van der Waals surface area contributed by atoms with Crippen LogP contribution in [0.4, 0.5) is 0 Å². The Morgan fingerprint density at radius 2 is 1.45 bits per heavy atom. The Balaban J connectivity index is 0.000000245. The van der Waals surface area contributed by atoms with E-state index in [4.69, 9.17) is 5.11 Å². The number of fused-ring (bicyclic) bond motifs is 1. The molecule has 0 bridgehead atoms. The molecular weight excluding hydrogens is 382 g/mol. The summed E-state index contributed by atoms with van der Waals surface area (Å²) in [5.41, 5.74) is 5.40. The number of likely N-dealkylation sites (tertiary alicyclic amines) is 1. The minimum atomic E-state index is 0.319. The second kappa shape index (κ2) is 10.6. The lowest BCUT2D eigenvalue weighted by molar-refractivity contribution is 0.221. The fraction of sp³-hybridized carbons (Fsp3) is 0.357. The van der Waals surface area contributed by atoms with Crippen molar-refractivity contribution in [2.24, 2.45) is 0 Å². The minimum Gasteiger partial charge on any atom is -0.508 e. The van der Waals surface area contributed by atoms with E-state index in [0.29, 0.717) is 24.2 Å². The summed E-state index contributed by atoms with van der Waals surface area (Å²) in [5.74, 6) is 1.20. The number of phenolic OH excluding ortho intramolecular Hbond substituents is 1. The van der Waals surface area contributed by atoms with E-state index in [-0.39, 0.29) is 0 Å². The Labute approximate surface area is 186 Å². The van der Waals surface area contributed by atoms with Crippen molar-refractivity contribution in [3.05, 3.63) is 101 Å². The number of aliphatic hydroxyl groups excluding tert-OH is 1. The maximum absolute atomic E-state index is 9.83. The first-order chi connectivity index (χ1) is 15.3. The molecule has 3 nitrogen and oxygen atoms in total. The van der Waals surface area contributed by atoms with Crippen LogP contribution in [0.25, 0.3) is 0 Å². The number of aliphatic hydroxyl groups is 1. The molecule has 0 amide bonds. The summed E-state index contributed by atoms with van der Waals surface area (Å²) in [6, 6.07) is 27.4. The average Bonchev–Trinajstić information content (AvgIpc) is 3.33. The fourth-order valence-corrected chi connectivity index (χ4v) is 5.09. The number of hydrogen-bond donors (Lipinski definition) is 2. The van der Waals surface area contributed by atoms with Crippen molar-refractivity contribution in [3.63, 3.8) is 0 Å². The molecule has 0 saturated carbocycles. The number of hydrogen-bond acceptors (Lipinski definition) is 3. The smallest absolute Gasteiger partial charge is 0.115 e. The molecule has 0 spiro atoms. The SMILES string of the molecule is OCCN1CCCC1.Oc1ccc2c(c1)CC[C@H](c1ccccc1)[C@@H]2c1ccccc1. The highest BCUT2D eigenvalue weighted by Crippen LogP contribution is 2.46. The van der Waals surface area contributed by atoms with E-state index in [1.54, 1.807) is 0 Å². The molecule has 3 heteroatoms. The molecule has 2 aliphatic rings. The molecule has 162 valence electrons. The van der Waals surface area contributed by atoms with Crippen LogP contribution < -0.4 is 0 Å². The highest BCUT2D eigenvalue weighted by Gasteiger charge is 2.31. The van der Waals surface area contributed by atoms with Crippen LogP contribution in [-0.2, 0) is 6.42 Å². The molecule has 0 radical (unpaired) electrons. The largest absolute Gasteiger partial charge is 0.508 e. The maximum atomic E-state index is 9.83. The zero-order valence-corrected chi connectivity index (χ0v) is 18.2. The van der Waals surface area contributed by atoms with Gasteiger partial charge in [-0.3, -0.25) is 0 Å². The third-order valence-electron chi connectivity index (χ3n) is 6.59. The normalized spacial score (nSPS) is 20.5. The molecule has 0 aromatic heterocycles. The number of benzene rings is 3. The molecular formula is C28H33NO2. The Bertz CT molecular complexity index is 936. The molecule has 1 aliphatic carbocycles. The first kappa shape index (κ1) is 21.6. The summed E-state index contributed by atoms with van der Waals surface area (Å²) in [5, 5.41) is 18.3. The number of β-amino-alcohol motifs (C(OH)–C–C–N with tert-alkyl or cyclic N) is 1. The highest BCUT2D eigenvalue weighted by atomic mass is 16.3. The van der Waals surface area contributed by atoms with Crippen molar-refractivity contribution in [2.75, 3.05) is 26.2 Å². The number of aromatic hydroxyl groups is 1. The first-order valence-electron chi connectivity index (χ1n) is 11.5. The van der Waals surface area contributed by atoms with Gasteiger partial charge in [0.2, 0.25) is 0 Å². The molecule has 3 aromatic carbocycles. The second-order valence-electron chi connectivity index (χ2n) is 8.60. The van der Waals surface area contributed by atoms with Crippen LogP contribution >= 0.6 is 0 Å². The molecule has 3 aromatic rings. The standard InChI is InChI=1S/C22H20O.C6H13NO/c23-19-12-14-21-18(15-19)11-13-20(16-7-3-1-4-8-16)22(21)17-9-5-2-6-10-17;8-6-5-7-3-1-2-4-7/h1-10,12,14-15,20,22-23H,11,13H2;8H,1-6H2/t20-,22+;/m1./s1. The lowest BCUT2D eigenvalue weighted by atomic mass is 9.69. The van der Waals surface area contributed by atoms with Crippen LogP contribution in [0, 0.1) is 0 Å². The van der Waals surface area contributed by atoms with Gasteiger partial charge in [-0.2, -0.15) is 0 Å². The van der Waals surface area contributed by atoms with Gasteiger partial charge in [0.05, 0.1) is 6.61 Å². The van der Waals surface area contributed by atoms with Crippen molar-refractivity contribution in [1.82, 2.24) is 4.90 Å². The zero-order valence-electron chi connectivity index (χ0n) is 18.2. The summed E-state index contributed by atoms with van der Waals surface area (Å²) < 4.78 is 0. The van der Waals surface area contributed by atoms with Gasteiger partial charge in [0.15, 0.2) is 0 Å². The summed E-state index contributed by atoms with van der Waals surface area (Å²) in [4.78, 5) is 2.29. The molecule has 1 saturated heterocycles. The highest BCUT2D eigenvalue weighted by molar-refractivity contribution is 5.47. The van der Waals surface area contributed by atoms with Crippen LogP contribution in [0.2, 0.25) is 0 Å². The zero-order chi connectivity index (χ0) is 21.5. The lowest BCUT2D eigenvalue weighted by Gasteiger charge is -2.34. The van der Waals surface area contributed by atoms with Crippen molar-refractivity contribution in [2.45, 2.75) is 37.5 Å². The van der Waals surface area contributed by atoms with Crippen molar-refractivity contribution >= 4 is 0 Å². The average molecular weight is 416 g/mol. The molecule has 1 fully saturated rings. The van der Waals surface area contributed by atoms with Gasteiger partial charge >= 0.3 is 0 Å². The number of aryl methyl sites for hydroxylation is 1. The molecule has 2 N–H and O–H groups in total. The van der Waals surface area contributed by atoms with Gasteiger partial charge in [0, 0.05) is 12.5 Å². The van der Waals surface area contributed by atoms with Gasteiger partial charge in [-0.1, -0.05) is 66.7 Å². The molecule has 5 rings (SSSR count). The lowest BCUT2D eigenvalue weighted by Crippen LogP contribution is -2.22. The summed E-state index contributed by atoms with van der Waals surface area (Å²) in [6.07, 6.45) is 4.77. The van der Waals surface area contributed by atoms with Crippen LogP contribution in [0.3, 0.4) is 0 Å². The van der Waals surface area contributed by atoms with Gasteiger partial charge in [-0.15, -0.1) is 0 Å². The van der Waals surface area contributed by atoms with E-state index in [2.05, 4.69) is 71.6 Å². The monoisotopic (exact) mass is 415 g/mol. The van der Waals surface area contributed by atoms with Crippen molar-refractivity contribution < 1.29 is 10.2 Å². The first-order valence-corrected chi connectivity index (χ1v) is 11.5. The number of phenols is 1. The second-order valence-corrected chi connectivity index (χ2v) is 8.60. The van der Waals surface area contributed by atoms with Gasteiger partial charge in [-0.05, 0) is 79.1 Å². The van der Waals surface area contributed by atoms with E-state index >= 15 is 0 Å². The topological polar surface area (TPSA) is 43.7 Å². The third-order valence-corrected chi connectivity index (χ3v) is 6.59. The van der Waals surface area contributed by atoms with Crippen molar-refractivity contribution in [1.29, 1.82) is 0 Å². The Morgan fingerprint density at radius 3 is 2.10 bits per heavy atom. The summed E-state index contributed by atoms with van der Waals surface area (Å²) in [7, 11) is 0. The molecule has 0 unspecified atom stereocenters. The summed E-state index contributed by atoms with van der Waals surface area (Å²) >= 11 is 0. The predicted molar refractivity (Wildman–Crippen MR) is 127 cm³/mol. The predicted octanol–water partition coefficient (Wildman–Crippen LogP) is 5.33. The van der Waals surface area contributed by atoms with Crippen LogP contribution in [0.15, 0.2) is 78.9 Å². The number of nitrogens with zero attached hydrogens (tertiary/aromatic N) is 1. The van der Waals surface area contributed by atoms with Gasteiger partial charge in [0.25, 0.3) is 0 Å². The Kier molecular flexibility index (Phi) is 7.39. The Morgan fingerprint density at radius 1 is 0.806 bits per heavy atom. The quantitative estimate of drug-likeness (QED) is 0.605. The minimum absolute atomic E-state index is 0.319.